The first-order valence-electron chi connectivity index (χ1n) is 6.29. The molecule has 0 radical (unpaired) electrons. The Morgan fingerprint density at radius 1 is 1.38 bits per heavy atom. The predicted octanol–water partition coefficient (Wildman–Crippen LogP) is 2.94. The van der Waals surface area contributed by atoms with Crippen LogP contribution in [0.4, 0.5) is 11.4 Å². The van der Waals surface area contributed by atoms with Gasteiger partial charge in [0.1, 0.15) is 5.69 Å². The number of amides is 1. The van der Waals surface area contributed by atoms with Crippen molar-refractivity contribution < 1.29 is 9.72 Å². The number of nitrogens with zero attached hydrogens (tertiary/aromatic N) is 1. The number of nitro benzene ring substituents is 1. The fourth-order valence-corrected chi connectivity index (χ4v) is 2.74. The molecule has 2 aromatic rings. The zero-order chi connectivity index (χ0) is 15.4. The number of nitro groups is 1. The maximum absolute atomic E-state index is 12.1. The fraction of sp³-hybridized carbons (Fsp3) is 0.214. The van der Waals surface area contributed by atoms with E-state index in [4.69, 9.17) is 0 Å². The molecule has 0 aliphatic rings. The molecule has 0 aliphatic heterocycles. The molecular formula is C14H15N3O3S. The minimum absolute atomic E-state index is 0.114. The van der Waals surface area contributed by atoms with Crippen LogP contribution in [0.15, 0.2) is 29.0 Å². The van der Waals surface area contributed by atoms with Gasteiger partial charge in [-0.05, 0) is 40.9 Å². The van der Waals surface area contributed by atoms with Crippen molar-refractivity contribution in [3.63, 3.8) is 0 Å². The van der Waals surface area contributed by atoms with Crippen molar-refractivity contribution in [1.82, 2.24) is 5.32 Å². The number of benzene rings is 1. The molecule has 0 saturated heterocycles. The van der Waals surface area contributed by atoms with Gasteiger partial charge in [-0.15, -0.1) is 0 Å². The first-order chi connectivity index (χ1) is 10.0. The summed E-state index contributed by atoms with van der Waals surface area (Å²) < 4.78 is 0. The summed E-state index contributed by atoms with van der Waals surface area (Å²) >= 11 is 1.58. The molecule has 1 amide bonds. The summed E-state index contributed by atoms with van der Waals surface area (Å²) in [5.41, 5.74) is 2.71. The molecular weight excluding hydrogens is 290 g/mol. The van der Waals surface area contributed by atoms with E-state index >= 15 is 0 Å². The number of carbonyl (C=O) groups excluding carboxylic acids is 1. The highest BCUT2D eigenvalue weighted by Crippen LogP contribution is 2.25. The summed E-state index contributed by atoms with van der Waals surface area (Å²) in [5.74, 6) is -0.327. The Morgan fingerprint density at radius 2 is 2.14 bits per heavy atom. The van der Waals surface area contributed by atoms with Crippen LogP contribution in [0.1, 0.15) is 21.5 Å². The van der Waals surface area contributed by atoms with E-state index in [-0.39, 0.29) is 17.2 Å². The number of carbonyl (C=O) groups is 1. The lowest BCUT2D eigenvalue weighted by atomic mass is 10.1. The highest BCUT2D eigenvalue weighted by atomic mass is 32.1. The first kappa shape index (κ1) is 15.0. The second-order valence-electron chi connectivity index (χ2n) is 4.50. The van der Waals surface area contributed by atoms with Crippen molar-refractivity contribution in [2.75, 3.05) is 12.4 Å². The van der Waals surface area contributed by atoms with Crippen LogP contribution in [0.2, 0.25) is 0 Å². The maximum Gasteiger partial charge on any atom is 0.293 e. The Balaban J connectivity index is 2.14. The number of rotatable bonds is 5. The van der Waals surface area contributed by atoms with Gasteiger partial charge in [0.2, 0.25) is 0 Å². The van der Waals surface area contributed by atoms with Gasteiger partial charge in [0.15, 0.2) is 0 Å². The summed E-state index contributed by atoms with van der Waals surface area (Å²) in [6.45, 7) is 2.39. The average Bonchev–Trinajstić information content (AvgIpc) is 2.89. The first-order valence-corrected chi connectivity index (χ1v) is 7.23. The minimum Gasteiger partial charge on any atom is -0.383 e. The van der Waals surface area contributed by atoms with E-state index in [2.05, 4.69) is 10.6 Å². The van der Waals surface area contributed by atoms with E-state index in [9.17, 15) is 14.9 Å². The molecule has 21 heavy (non-hydrogen) atoms. The monoisotopic (exact) mass is 305 g/mol. The molecule has 0 atom stereocenters. The van der Waals surface area contributed by atoms with Crippen LogP contribution in [0.25, 0.3) is 0 Å². The van der Waals surface area contributed by atoms with E-state index in [1.165, 1.54) is 12.1 Å². The van der Waals surface area contributed by atoms with Crippen LogP contribution in [0, 0.1) is 17.0 Å². The topological polar surface area (TPSA) is 84.3 Å². The normalized spacial score (nSPS) is 10.2. The lowest BCUT2D eigenvalue weighted by molar-refractivity contribution is -0.384. The third kappa shape index (κ3) is 3.38. The number of hydrogen-bond donors (Lipinski definition) is 2. The Bertz CT molecular complexity index is 682. The fourth-order valence-electron chi connectivity index (χ4n) is 1.88. The average molecular weight is 305 g/mol. The summed E-state index contributed by atoms with van der Waals surface area (Å²) in [4.78, 5) is 22.5. The molecule has 0 fully saturated rings. The molecule has 2 rings (SSSR count). The highest BCUT2D eigenvalue weighted by Gasteiger charge is 2.16. The molecule has 6 nitrogen and oxygen atoms in total. The molecule has 0 bridgehead atoms. The van der Waals surface area contributed by atoms with Gasteiger partial charge >= 0.3 is 0 Å². The van der Waals surface area contributed by atoms with Gasteiger partial charge in [0.05, 0.1) is 4.92 Å². The molecule has 7 heteroatoms. The van der Waals surface area contributed by atoms with Crippen LogP contribution in [0.3, 0.4) is 0 Å². The third-order valence-corrected chi connectivity index (χ3v) is 4.04. The second-order valence-corrected chi connectivity index (χ2v) is 5.25. The van der Waals surface area contributed by atoms with E-state index in [1.807, 2.05) is 17.7 Å². The zero-order valence-electron chi connectivity index (χ0n) is 11.7. The standard InChI is InChI=1S/C14H15N3O3S/c1-9-7-21-8-11(9)6-16-14(18)10-3-4-12(15-2)13(5-10)17(19)20/h3-5,7-8,15H,6H2,1-2H3,(H,16,18). The lowest BCUT2D eigenvalue weighted by Gasteiger charge is -2.07. The Hall–Kier alpha value is -2.41. The van der Waals surface area contributed by atoms with Gasteiger partial charge in [0, 0.05) is 25.2 Å². The number of anilines is 1. The van der Waals surface area contributed by atoms with Crippen molar-refractivity contribution in [3.8, 4) is 0 Å². The molecule has 0 aliphatic carbocycles. The minimum atomic E-state index is -0.508. The van der Waals surface area contributed by atoms with Gasteiger partial charge in [-0.25, -0.2) is 0 Å². The molecule has 1 heterocycles. The number of thiophene rings is 1. The predicted molar refractivity (Wildman–Crippen MR) is 82.9 cm³/mol. The SMILES string of the molecule is CNc1ccc(C(=O)NCc2cscc2C)cc1[N+](=O)[O-]. The molecule has 0 unspecified atom stereocenters. The summed E-state index contributed by atoms with van der Waals surface area (Å²) in [5, 5.41) is 20.5. The van der Waals surface area contributed by atoms with Gasteiger partial charge in [0.25, 0.3) is 11.6 Å². The third-order valence-electron chi connectivity index (χ3n) is 3.13. The smallest absolute Gasteiger partial charge is 0.293 e. The second kappa shape index (κ2) is 6.36. The molecule has 1 aromatic heterocycles. The molecule has 0 spiro atoms. The van der Waals surface area contributed by atoms with Gasteiger partial charge in [-0.2, -0.15) is 11.3 Å². The van der Waals surface area contributed by atoms with E-state index in [1.54, 1.807) is 24.5 Å². The van der Waals surface area contributed by atoms with Gasteiger partial charge in [-0.3, -0.25) is 14.9 Å². The van der Waals surface area contributed by atoms with Crippen LogP contribution < -0.4 is 10.6 Å². The highest BCUT2D eigenvalue weighted by molar-refractivity contribution is 7.08. The van der Waals surface area contributed by atoms with Crippen LogP contribution in [0.5, 0.6) is 0 Å². The number of hydrogen-bond acceptors (Lipinski definition) is 5. The van der Waals surface area contributed by atoms with E-state index in [0.717, 1.165) is 11.1 Å². The Labute approximate surface area is 126 Å². The molecule has 110 valence electrons. The summed E-state index contributed by atoms with van der Waals surface area (Å²) in [6.07, 6.45) is 0. The van der Waals surface area contributed by atoms with Crippen molar-refractivity contribution in [2.24, 2.45) is 0 Å². The Kier molecular flexibility index (Phi) is 4.54. The summed E-state index contributed by atoms with van der Waals surface area (Å²) in [6, 6.07) is 4.37. The largest absolute Gasteiger partial charge is 0.383 e. The number of aryl methyl sites for hydroxylation is 1. The van der Waals surface area contributed by atoms with Crippen molar-refractivity contribution in [2.45, 2.75) is 13.5 Å². The number of nitrogens with one attached hydrogen (secondary N) is 2. The van der Waals surface area contributed by atoms with Crippen LogP contribution in [-0.4, -0.2) is 17.9 Å². The Morgan fingerprint density at radius 3 is 2.71 bits per heavy atom. The molecule has 1 aromatic carbocycles. The van der Waals surface area contributed by atoms with E-state index in [0.29, 0.717) is 12.2 Å². The van der Waals surface area contributed by atoms with Crippen molar-refractivity contribution in [1.29, 1.82) is 0 Å². The van der Waals surface area contributed by atoms with E-state index < -0.39 is 4.92 Å². The van der Waals surface area contributed by atoms with Gasteiger partial charge in [-0.1, -0.05) is 0 Å². The van der Waals surface area contributed by atoms with Crippen molar-refractivity contribution in [3.05, 3.63) is 55.8 Å². The van der Waals surface area contributed by atoms with Crippen LogP contribution >= 0.6 is 11.3 Å². The van der Waals surface area contributed by atoms with Crippen LogP contribution in [-0.2, 0) is 6.54 Å². The van der Waals surface area contributed by atoms with Gasteiger partial charge < -0.3 is 10.6 Å². The molecule has 2 N–H and O–H groups in total. The maximum atomic E-state index is 12.1. The lowest BCUT2D eigenvalue weighted by Crippen LogP contribution is -2.23. The van der Waals surface area contributed by atoms with Crippen molar-refractivity contribution >= 4 is 28.6 Å². The zero-order valence-corrected chi connectivity index (χ0v) is 12.5. The summed E-state index contributed by atoms with van der Waals surface area (Å²) in [7, 11) is 1.60. The molecule has 0 saturated carbocycles. The quantitative estimate of drug-likeness (QED) is 0.657.